The van der Waals surface area contributed by atoms with Crippen LogP contribution in [-0.4, -0.2) is 53.1 Å². The molecule has 2 aliphatic rings. The lowest BCUT2D eigenvalue weighted by molar-refractivity contribution is -0.0183. The van der Waals surface area contributed by atoms with Gasteiger partial charge in [-0.1, -0.05) is 12.1 Å². The van der Waals surface area contributed by atoms with E-state index in [0.29, 0.717) is 23.8 Å². The molecule has 20 heavy (non-hydrogen) atoms. The molecular formula is C11H11N3O5S. The van der Waals surface area contributed by atoms with Crippen LogP contribution >= 0.6 is 0 Å². The van der Waals surface area contributed by atoms with Gasteiger partial charge in [-0.05, 0) is 17.7 Å². The van der Waals surface area contributed by atoms with Crippen LogP contribution in [-0.2, 0) is 14.7 Å². The number of rotatable bonds is 3. The summed E-state index contributed by atoms with van der Waals surface area (Å²) in [6.07, 6.45) is 3.35. The number of urea groups is 1. The van der Waals surface area contributed by atoms with Crippen molar-refractivity contribution in [1.82, 2.24) is 14.9 Å². The van der Waals surface area contributed by atoms with E-state index in [-0.39, 0.29) is 0 Å². The first kappa shape index (κ1) is 13.0. The number of carbonyl (C=O) groups excluding carboxylic acids is 1. The Hall–Kier alpha value is -1.97. The molecule has 1 N–H and O–H groups in total. The summed E-state index contributed by atoms with van der Waals surface area (Å²) in [5.41, 5.74) is 1.51. The Morgan fingerprint density at radius 1 is 1.40 bits per heavy atom. The van der Waals surface area contributed by atoms with E-state index in [1.54, 1.807) is 24.4 Å². The van der Waals surface area contributed by atoms with E-state index < -0.39 is 22.5 Å². The molecule has 1 aromatic heterocycles. The highest BCUT2D eigenvalue weighted by Gasteiger charge is 2.43. The molecule has 0 spiro atoms. The predicted molar refractivity (Wildman–Crippen MR) is 67.4 cm³/mol. The molecule has 1 saturated heterocycles. The van der Waals surface area contributed by atoms with Crippen molar-refractivity contribution in [3.63, 3.8) is 0 Å². The molecule has 9 heteroatoms. The first-order chi connectivity index (χ1) is 9.44. The maximum Gasteiger partial charge on any atom is 0.418 e. The summed E-state index contributed by atoms with van der Waals surface area (Å²) in [6.45, 7) is 0.627. The maximum atomic E-state index is 11.9. The van der Waals surface area contributed by atoms with Crippen molar-refractivity contribution >= 4 is 22.0 Å². The Kier molecular flexibility index (Phi) is 2.96. The van der Waals surface area contributed by atoms with Gasteiger partial charge in [0.15, 0.2) is 0 Å². The molecule has 2 aliphatic heterocycles. The second kappa shape index (κ2) is 4.54. The molecule has 0 saturated carbocycles. The lowest BCUT2D eigenvalue weighted by atomic mass is 10.0. The minimum absolute atomic E-state index is 0.310. The Balaban J connectivity index is 1.91. The van der Waals surface area contributed by atoms with Gasteiger partial charge in [0.1, 0.15) is 0 Å². The van der Waals surface area contributed by atoms with Gasteiger partial charge in [-0.2, -0.15) is 13.5 Å². The monoisotopic (exact) mass is 297 g/mol. The van der Waals surface area contributed by atoms with Gasteiger partial charge < -0.3 is 4.90 Å². The van der Waals surface area contributed by atoms with E-state index in [1.165, 1.54) is 4.90 Å². The molecule has 8 nitrogen and oxygen atoms in total. The van der Waals surface area contributed by atoms with Crippen molar-refractivity contribution in [2.24, 2.45) is 0 Å². The predicted octanol–water partition coefficient (Wildman–Crippen LogP) is 0.319. The second-order valence-electron chi connectivity index (χ2n) is 4.47. The number of hydrogen-bond acceptors (Lipinski definition) is 5. The van der Waals surface area contributed by atoms with Crippen LogP contribution in [0.15, 0.2) is 30.5 Å². The number of fused-ring (bicyclic) bond motifs is 2. The van der Waals surface area contributed by atoms with Gasteiger partial charge in [-0.3, -0.25) is 9.54 Å². The van der Waals surface area contributed by atoms with Crippen LogP contribution in [0.4, 0.5) is 4.79 Å². The van der Waals surface area contributed by atoms with Crippen LogP contribution in [0.25, 0.3) is 5.57 Å². The number of pyridine rings is 1. The fourth-order valence-electron chi connectivity index (χ4n) is 2.31. The van der Waals surface area contributed by atoms with Gasteiger partial charge >= 0.3 is 16.4 Å². The molecule has 1 unspecified atom stereocenters. The first-order valence-electron chi connectivity index (χ1n) is 5.81. The van der Waals surface area contributed by atoms with Gasteiger partial charge in [0.25, 0.3) is 0 Å². The molecule has 2 bridgehead atoms. The third-order valence-corrected chi connectivity index (χ3v) is 3.44. The van der Waals surface area contributed by atoms with E-state index in [9.17, 15) is 13.2 Å². The molecule has 0 aliphatic carbocycles. The quantitative estimate of drug-likeness (QED) is 0.806. The van der Waals surface area contributed by atoms with Gasteiger partial charge in [0.05, 0.1) is 11.7 Å². The zero-order chi connectivity index (χ0) is 14.3. The fourth-order valence-corrected chi connectivity index (χ4v) is 2.69. The molecule has 3 rings (SSSR count). The molecule has 2 amide bonds. The minimum Gasteiger partial charge on any atom is -0.316 e. The van der Waals surface area contributed by atoms with Crippen LogP contribution in [0.2, 0.25) is 0 Å². The molecule has 1 aromatic rings. The van der Waals surface area contributed by atoms with Gasteiger partial charge in [-0.25, -0.2) is 4.79 Å². The van der Waals surface area contributed by atoms with Gasteiger partial charge in [-0.15, -0.1) is 4.28 Å². The van der Waals surface area contributed by atoms with Gasteiger partial charge in [0.2, 0.25) is 0 Å². The fraction of sp³-hybridized carbons (Fsp3) is 0.273. The summed E-state index contributed by atoms with van der Waals surface area (Å²) in [7, 11) is -4.73. The largest absolute Gasteiger partial charge is 0.418 e. The Labute approximate surface area is 115 Å². The van der Waals surface area contributed by atoms with E-state index in [4.69, 9.17) is 4.55 Å². The Morgan fingerprint density at radius 3 is 2.85 bits per heavy atom. The van der Waals surface area contributed by atoms with Crippen LogP contribution < -0.4 is 0 Å². The lowest BCUT2D eigenvalue weighted by Crippen LogP contribution is -2.35. The minimum atomic E-state index is -4.73. The topological polar surface area (TPSA) is 100 Å². The molecule has 1 fully saturated rings. The van der Waals surface area contributed by atoms with Crippen LogP contribution in [0, 0.1) is 0 Å². The van der Waals surface area contributed by atoms with Crippen molar-refractivity contribution < 1.29 is 22.0 Å². The van der Waals surface area contributed by atoms with Crippen LogP contribution in [0.5, 0.6) is 0 Å². The molecule has 0 radical (unpaired) electrons. The third-order valence-electron chi connectivity index (χ3n) is 3.09. The number of hydroxylamine groups is 2. The third kappa shape index (κ3) is 2.38. The summed E-state index contributed by atoms with van der Waals surface area (Å²) in [5.74, 6) is 0. The summed E-state index contributed by atoms with van der Waals surface area (Å²) in [4.78, 5) is 17.6. The molecule has 0 aromatic carbocycles. The standard InChI is InChI=1S/C11H11N3O5S/c15-11-13-6-8(10-3-1-2-4-12-10)5-9(7-13)14(11)19-20(16,17)18/h1-5,9H,6-7H2,(H,16,17,18). The van der Waals surface area contributed by atoms with Crippen molar-refractivity contribution in [3.8, 4) is 0 Å². The summed E-state index contributed by atoms with van der Waals surface area (Å²) in [6, 6.07) is 4.23. The van der Waals surface area contributed by atoms with Gasteiger partial charge in [0, 0.05) is 19.3 Å². The lowest BCUT2D eigenvalue weighted by Gasteiger charge is -2.20. The highest BCUT2D eigenvalue weighted by molar-refractivity contribution is 7.80. The zero-order valence-corrected chi connectivity index (χ0v) is 11.0. The smallest absolute Gasteiger partial charge is 0.316 e. The first-order valence-corrected chi connectivity index (χ1v) is 7.18. The number of nitrogens with zero attached hydrogens (tertiary/aromatic N) is 3. The van der Waals surface area contributed by atoms with E-state index in [2.05, 4.69) is 9.27 Å². The second-order valence-corrected chi connectivity index (χ2v) is 5.47. The summed E-state index contributed by atoms with van der Waals surface area (Å²) < 4.78 is 34.5. The normalized spacial score (nSPS) is 22.1. The molecule has 106 valence electrons. The molecular weight excluding hydrogens is 286 g/mol. The van der Waals surface area contributed by atoms with Crippen molar-refractivity contribution in [2.75, 3.05) is 13.1 Å². The van der Waals surface area contributed by atoms with Crippen molar-refractivity contribution in [1.29, 1.82) is 0 Å². The number of aromatic nitrogens is 1. The summed E-state index contributed by atoms with van der Waals surface area (Å²) >= 11 is 0. The Morgan fingerprint density at radius 2 is 2.20 bits per heavy atom. The molecule has 3 heterocycles. The average Bonchev–Trinajstić information content (AvgIpc) is 2.62. The maximum absolute atomic E-state index is 11.9. The summed E-state index contributed by atoms with van der Waals surface area (Å²) in [5, 5.41) is 0.658. The number of amides is 2. The zero-order valence-electron chi connectivity index (χ0n) is 10.2. The number of hydrogen-bond donors (Lipinski definition) is 1. The highest BCUT2D eigenvalue weighted by Crippen LogP contribution is 2.29. The number of carbonyl (C=O) groups is 1. The van der Waals surface area contributed by atoms with E-state index in [1.807, 2.05) is 6.07 Å². The van der Waals surface area contributed by atoms with Crippen molar-refractivity contribution in [3.05, 3.63) is 36.2 Å². The van der Waals surface area contributed by atoms with E-state index >= 15 is 0 Å². The van der Waals surface area contributed by atoms with Crippen LogP contribution in [0.1, 0.15) is 5.69 Å². The van der Waals surface area contributed by atoms with Crippen LogP contribution in [0.3, 0.4) is 0 Å². The van der Waals surface area contributed by atoms with E-state index in [0.717, 1.165) is 5.57 Å². The highest BCUT2D eigenvalue weighted by atomic mass is 32.3. The SMILES string of the molecule is O=C1N2CC(c3ccccn3)=CC(C2)N1OS(=O)(=O)O. The average molecular weight is 297 g/mol. The van der Waals surface area contributed by atoms with Crippen molar-refractivity contribution in [2.45, 2.75) is 6.04 Å². The Bertz CT molecular complexity index is 673. The molecule has 1 atom stereocenters.